The highest BCUT2D eigenvalue weighted by Crippen LogP contribution is 2.64. The lowest BCUT2D eigenvalue weighted by molar-refractivity contribution is -0.138. The molecule has 0 radical (unpaired) electrons. The van der Waals surface area contributed by atoms with Gasteiger partial charge in [-0.2, -0.15) is 18.4 Å². The van der Waals surface area contributed by atoms with Crippen molar-refractivity contribution < 1.29 is 33.2 Å². The zero-order chi connectivity index (χ0) is 20.8. The van der Waals surface area contributed by atoms with Crippen molar-refractivity contribution in [1.82, 2.24) is 4.57 Å². The fourth-order valence-electron chi connectivity index (χ4n) is 4.66. The van der Waals surface area contributed by atoms with Crippen LogP contribution in [0.15, 0.2) is 12.1 Å². The number of aromatic nitrogens is 1. The second-order valence-electron chi connectivity index (χ2n) is 7.63. The highest BCUT2D eigenvalue weighted by molar-refractivity contribution is 5.64. The Labute approximate surface area is 158 Å². The topological polar surface area (TPSA) is 98.6 Å². The Hall–Kier alpha value is -2.70. The molecule has 3 atom stereocenters. The Morgan fingerprint density at radius 1 is 1.21 bits per heavy atom. The van der Waals surface area contributed by atoms with Gasteiger partial charge in [-0.15, -0.1) is 0 Å². The molecule has 0 aliphatic carbocycles. The molecule has 1 aromatic carbocycles. The molecule has 0 saturated carbocycles. The van der Waals surface area contributed by atoms with Crippen molar-refractivity contribution in [3.05, 3.63) is 39.9 Å². The molecule has 4 rings (SSSR count). The van der Waals surface area contributed by atoms with Crippen molar-refractivity contribution >= 4 is 0 Å². The molecule has 1 saturated heterocycles. The summed E-state index contributed by atoms with van der Waals surface area (Å²) in [5, 5.41) is 41.0. The minimum Gasteiger partial charge on any atom is -0.494 e. The van der Waals surface area contributed by atoms with Crippen molar-refractivity contribution in [2.24, 2.45) is 0 Å². The molecule has 6 nitrogen and oxygen atoms in total. The van der Waals surface area contributed by atoms with E-state index in [0.717, 1.165) is 10.6 Å². The maximum atomic E-state index is 13.5. The Morgan fingerprint density at radius 2 is 1.82 bits per heavy atom. The van der Waals surface area contributed by atoms with Gasteiger partial charge in [0.15, 0.2) is 0 Å². The van der Waals surface area contributed by atoms with Crippen LogP contribution < -0.4 is 0 Å². The van der Waals surface area contributed by atoms with Crippen LogP contribution in [-0.2, 0) is 22.1 Å². The fraction of sp³-hybridized carbons (Fsp3) is 0.421. The van der Waals surface area contributed by atoms with Gasteiger partial charge in [-0.05, 0) is 38.5 Å². The number of nitriles is 1. The quantitative estimate of drug-likeness (QED) is 0.689. The summed E-state index contributed by atoms with van der Waals surface area (Å²) in [7, 11) is 0. The van der Waals surface area contributed by atoms with Gasteiger partial charge < -0.3 is 20.1 Å². The average Bonchev–Trinajstić information content (AvgIpc) is 3.08. The lowest BCUT2D eigenvalue weighted by Crippen LogP contribution is -2.32. The molecule has 2 bridgehead atoms. The molecule has 2 aliphatic heterocycles. The standard InChI is InChI=1S/C19H17F3N2O4/c1-8-10(5-4-9(7-23)12(8)19(20,21)22)24-15(26)13-14(16(24)27)18(3)11(25)6-17(13,2)28-18/h4-5,11,25-27H,6H2,1-3H3/t11-,17+,18-/m0/s1. The van der Waals surface area contributed by atoms with Crippen LogP contribution in [-0.4, -0.2) is 26.0 Å². The number of aliphatic hydroxyl groups excluding tert-OH is 1. The van der Waals surface area contributed by atoms with E-state index in [1.54, 1.807) is 13.8 Å². The van der Waals surface area contributed by atoms with Crippen LogP contribution in [0.25, 0.3) is 5.69 Å². The van der Waals surface area contributed by atoms with Crippen molar-refractivity contribution in [2.45, 2.75) is 50.7 Å². The van der Waals surface area contributed by atoms with Crippen LogP contribution in [0, 0.1) is 18.3 Å². The number of aromatic hydroxyl groups is 2. The Kier molecular flexibility index (Phi) is 3.47. The number of hydrogen-bond donors (Lipinski definition) is 3. The smallest absolute Gasteiger partial charge is 0.418 e. The number of rotatable bonds is 1. The third-order valence-corrected chi connectivity index (χ3v) is 5.88. The SMILES string of the molecule is Cc1c(-n2c(O)c3c(c2O)[C@@]2(C)O[C@]3(C)C[C@@H]2O)ccc(C#N)c1C(F)(F)F. The second-order valence-corrected chi connectivity index (χ2v) is 7.63. The first kappa shape index (κ1) is 18.7. The number of alkyl halides is 3. The highest BCUT2D eigenvalue weighted by atomic mass is 19.4. The number of nitrogens with zero attached hydrogens (tertiary/aromatic N) is 2. The van der Waals surface area contributed by atoms with E-state index in [0.29, 0.717) is 0 Å². The second kappa shape index (κ2) is 5.21. The van der Waals surface area contributed by atoms with Crippen molar-refractivity contribution in [1.29, 1.82) is 5.26 Å². The van der Waals surface area contributed by atoms with Crippen molar-refractivity contribution in [3.63, 3.8) is 0 Å². The third-order valence-electron chi connectivity index (χ3n) is 5.88. The fourth-order valence-corrected chi connectivity index (χ4v) is 4.66. The minimum atomic E-state index is -4.79. The Morgan fingerprint density at radius 3 is 2.39 bits per heavy atom. The summed E-state index contributed by atoms with van der Waals surface area (Å²) in [5.41, 5.74) is -4.07. The summed E-state index contributed by atoms with van der Waals surface area (Å²) in [6, 6.07) is 3.76. The maximum Gasteiger partial charge on any atom is 0.418 e. The third kappa shape index (κ3) is 2.04. The molecular weight excluding hydrogens is 377 g/mol. The van der Waals surface area contributed by atoms with Crippen LogP contribution >= 0.6 is 0 Å². The number of halogens is 3. The number of aliphatic hydroxyl groups is 1. The van der Waals surface area contributed by atoms with Crippen LogP contribution in [0.5, 0.6) is 11.8 Å². The molecule has 2 aliphatic rings. The van der Waals surface area contributed by atoms with Gasteiger partial charge in [0.1, 0.15) is 5.60 Å². The van der Waals surface area contributed by atoms with E-state index < -0.39 is 46.4 Å². The van der Waals surface area contributed by atoms with Gasteiger partial charge in [0.25, 0.3) is 0 Å². The largest absolute Gasteiger partial charge is 0.494 e. The summed E-state index contributed by atoms with van der Waals surface area (Å²) in [6.07, 6.45) is -5.56. The monoisotopic (exact) mass is 394 g/mol. The highest BCUT2D eigenvalue weighted by Gasteiger charge is 2.64. The lowest BCUT2D eigenvalue weighted by atomic mass is 9.78. The van der Waals surface area contributed by atoms with Gasteiger partial charge in [-0.3, -0.25) is 4.57 Å². The van der Waals surface area contributed by atoms with E-state index in [2.05, 4.69) is 0 Å². The Balaban J connectivity index is 2.03. The zero-order valence-corrected chi connectivity index (χ0v) is 15.2. The van der Waals surface area contributed by atoms with Crippen LogP contribution in [0.4, 0.5) is 13.2 Å². The van der Waals surface area contributed by atoms with Gasteiger partial charge in [0.05, 0.1) is 45.7 Å². The molecule has 0 unspecified atom stereocenters. The molecule has 1 aromatic heterocycles. The first-order valence-electron chi connectivity index (χ1n) is 8.54. The van der Waals surface area contributed by atoms with Gasteiger partial charge in [0.2, 0.25) is 11.8 Å². The summed E-state index contributed by atoms with van der Waals surface area (Å²) in [6.45, 7) is 4.38. The van der Waals surface area contributed by atoms with E-state index in [1.807, 2.05) is 0 Å². The van der Waals surface area contributed by atoms with Crippen LogP contribution in [0.1, 0.15) is 48.1 Å². The summed E-state index contributed by atoms with van der Waals surface area (Å²) < 4.78 is 47.3. The van der Waals surface area contributed by atoms with Crippen molar-refractivity contribution in [2.75, 3.05) is 0 Å². The first-order chi connectivity index (χ1) is 12.9. The number of ether oxygens (including phenoxy) is 1. The van der Waals surface area contributed by atoms with Gasteiger partial charge in [-0.25, -0.2) is 0 Å². The number of fused-ring (bicyclic) bond motifs is 5. The van der Waals surface area contributed by atoms with Gasteiger partial charge in [0, 0.05) is 6.42 Å². The van der Waals surface area contributed by atoms with E-state index in [-0.39, 0.29) is 28.8 Å². The van der Waals surface area contributed by atoms with Gasteiger partial charge >= 0.3 is 6.18 Å². The molecule has 1 fully saturated rings. The van der Waals surface area contributed by atoms with Crippen LogP contribution in [0.2, 0.25) is 0 Å². The summed E-state index contributed by atoms with van der Waals surface area (Å²) in [5.74, 6) is -0.954. The first-order valence-corrected chi connectivity index (χ1v) is 8.54. The number of hydrogen-bond acceptors (Lipinski definition) is 5. The molecule has 9 heteroatoms. The normalized spacial score (nSPS) is 28.4. The average molecular weight is 394 g/mol. The summed E-state index contributed by atoms with van der Waals surface area (Å²) >= 11 is 0. The van der Waals surface area contributed by atoms with E-state index in [4.69, 9.17) is 10.00 Å². The van der Waals surface area contributed by atoms with Crippen molar-refractivity contribution in [3.8, 4) is 23.5 Å². The molecule has 2 aromatic rings. The maximum absolute atomic E-state index is 13.5. The molecule has 28 heavy (non-hydrogen) atoms. The molecule has 0 spiro atoms. The van der Waals surface area contributed by atoms with E-state index in [1.165, 1.54) is 19.1 Å². The van der Waals surface area contributed by atoms with E-state index in [9.17, 15) is 28.5 Å². The molecule has 3 N–H and O–H groups in total. The minimum absolute atomic E-state index is 0.114. The molecule has 3 heterocycles. The predicted octanol–water partition coefficient (Wildman–Crippen LogP) is 3.31. The van der Waals surface area contributed by atoms with Gasteiger partial charge in [-0.1, -0.05) is 0 Å². The number of benzene rings is 1. The predicted molar refractivity (Wildman–Crippen MR) is 90.0 cm³/mol. The zero-order valence-electron chi connectivity index (χ0n) is 15.2. The molecular formula is C19H17F3N2O4. The van der Waals surface area contributed by atoms with E-state index >= 15 is 0 Å². The Bertz CT molecular complexity index is 1070. The summed E-state index contributed by atoms with van der Waals surface area (Å²) in [4.78, 5) is 0. The van der Waals surface area contributed by atoms with Crippen LogP contribution in [0.3, 0.4) is 0 Å². The lowest BCUT2D eigenvalue weighted by Gasteiger charge is -2.25. The molecule has 148 valence electrons. The molecule has 0 amide bonds.